The number of nitrogens with two attached hydrogens (primary N) is 1. The van der Waals surface area contributed by atoms with Crippen molar-refractivity contribution in [3.05, 3.63) is 59.7 Å². The minimum atomic E-state index is -0.383. The Balaban J connectivity index is 2.03. The molecule has 3 rings (SSSR count). The van der Waals surface area contributed by atoms with Crippen LogP contribution in [0.1, 0.15) is 15.9 Å². The summed E-state index contributed by atoms with van der Waals surface area (Å²) in [5.74, 6) is 0.530. The van der Waals surface area contributed by atoms with Gasteiger partial charge in [-0.15, -0.1) is 5.10 Å². The maximum Gasteiger partial charge on any atom is 0.285 e. The number of carbonyl (C=O) groups is 1. The third kappa shape index (κ3) is 2.78. The van der Waals surface area contributed by atoms with E-state index in [-0.39, 0.29) is 11.9 Å². The van der Waals surface area contributed by atoms with Gasteiger partial charge >= 0.3 is 0 Å². The lowest BCUT2D eigenvalue weighted by molar-refractivity contribution is 0.0945. The molecule has 0 aliphatic heterocycles. The molecule has 0 atom stereocenters. The van der Waals surface area contributed by atoms with Crippen molar-refractivity contribution >= 4 is 11.9 Å². The molecule has 0 aliphatic rings. The first kappa shape index (κ1) is 14.8. The van der Waals surface area contributed by atoms with Gasteiger partial charge in [0.25, 0.3) is 5.91 Å². The fourth-order valence-electron chi connectivity index (χ4n) is 2.32. The fourth-order valence-corrected chi connectivity index (χ4v) is 2.32. The standard InChI is InChI=1S/C17H16N4O2/c1-11-6-5-7-12(10-11)15-19-17(18)21(20-15)16(22)13-8-3-4-9-14(13)23-2/h3-10H,1-2H3,(H2,18,19,20). The summed E-state index contributed by atoms with van der Waals surface area (Å²) in [5.41, 5.74) is 8.14. The Kier molecular flexibility index (Phi) is 3.80. The van der Waals surface area contributed by atoms with E-state index in [2.05, 4.69) is 10.1 Å². The number of aromatic nitrogens is 3. The highest BCUT2D eigenvalue weighted by atomic mass is 16.5. The predicted molar refractivity (Wildman–Crippen MR) is 87.3 cm³/mol. The van der Waals surface area contributed by atoms with Gasteiger partial charge in [-0.05, 0) is 25.1 Å². The van der Waals surface area contributed by atoms with Crippen molar-refractivity contribution in [2.45, 2.75) is 6.92 Å². The number of carbonyl (C=O) groups excluding carboxylic acids is 1. The van der Waals surface area contributed by atoms with Gasteiger partial charge in [0.15, 0.2) is 5.82 Å². The Morgan fingerprint density at radius 3 is 2.70 bits per heavy atom. The zero-order chi connectivity index (χ0) is 16.4. The first-order valence-electron chi connectivity index (χ1n) is 7.07. The number of methoxy groups -OCH3 is 1. The SMILES string of the molecule is COc1ccccc1C(=O)n1nc(-c2cccc(C)c2)nc1N. The van der Waals surface area contributed by atoms with Crippen molar-refractivity contribution in [2.24, 2.45) is 0 Å². The van der Waals surface area contributed by atoms with E-state index in [0.29, 0.717) is 17.1 Å². The zero-order valence-electron chi connectivity index (χ0n) is 12.9. The van der Waals surface area contributed by atoms with E-state index in [1.165, 1.54) is 7.11 Å². The van der Waals surface area contributed by atoms with Crippen molar-refractivity contribution < 1.29 is 9.53 Å². The third-order valence-electron chi connectivity index (χ3n) is 3.44. The van der Waals surface area contributed by atoms with E-state index in [9.17, 15) is 4.79 Å². The molecule has 116 valence electrons. The number of nitrogens with zero attached hydrogens (tertiary/aromatic N) is 3. The Morgan fingerprint density at radius 1 is 1.17 bits per heavy atom. The van der Waals surface area contributed by atoms with Crippen LogP contribution in [0, 0.1) is 6.92 Å². The summed E-state index contributed by atoms with van der Waals surface area (Å²) < 4.78 is 6.30. The molecule has 0 amide bonds. The van der Waals surface area contributed by atoms with Crippen LogP contribution in [-0.4, -0.2) is 27.8 Å². The van der Waals surface area contributed by atoms with Gasteiger partial charge < -0.3 is 10.5 Å². The molecule has 23 heavy (non-hydrogen) atoms. The minimum absolute atomic E-state index is 0.0393. The molecule has 3 aromatic rings. The predicted octanol–water partition coefficient (Wildman–Crippen LogP) is 2.53. The average Bonchev–Trinajstić information content (AvgIpc) is 2.96. The molecule has 1 aromatic heterocycles. The third-order valence-corrected chi connectivity index (χ3v) is 3.44. The molecule has 0 radical (unpaired) electrons. The summed E-state index contributed by atoms with van der Waals surface area (Å²) in [7, 11) is 1.51. The largest absolute Gasteiger partial charge is 0.496 e. The van der Waals surface area contributed by atoms with E-state index in [0.717, 1.165) is 15.8 Å². The molecule has 0 bridgehead atoms. The molecular formula is C17H16N4O2. The van der Waals surface area contributed by atoms with Crippen LogP contribution in [0.4, 0.5) is 5.95 Å². The van der Waals surface area contributed by atoms with Crippen LogP contribution in [0.3, 0.4) is 0 Å². The highest BCUT2D eigenvalue weighted by Crippen LogP contribution is 2.22. The van der Waals surface area contributed by atoms with E-state index in [1.54, 1.807) is 24.3 Å². The van der Waals surface area contributed by atoms with Crippen LogP contribution in [0.5, 0.6) is 5.75 Å². The number of hydrogen-bond acceptors (Lipinski definition) is 5. The molecule has 1 heterocycles. The molecular weight excluding hydrogens is 292 g/mol. The van der Waals surface area contributed by atoms with Crippen molar-refractivity contribution in [1.29, 1.82) is 0 Å². The quantitative estimate of drug-likeness (QED) is 0.804. The van der Waals surface area contributed by atoms with Crippen LogP contribution < -0.4 is 10.5 Å². The molecule has 6 heteroatoms. The highest BCUT2D eigenvalue weighted by Gasteiger charge is 2.19. The minimum Gasteiger partial charge on any atom is -0.496 e. The van der Waals surface area contributed by atoms with Crippen molar-refractivity contribution in [3.8, 4) is 17.1 Å². The lowest BCUT2D eigenvalue weighted by Crippen LogP contribution is -2.17. The van der Waals surface area contributed by atoms with E-state index in [1.807, 2.05) is 31.2 Å². The Bertz CT molecular complexity index is 871. The molecule has 0 saturated carbocycles. The summed E-state index contributed by atoms with van der Waals surface area (Å²) in [4.78, 5) is 16.9. The average molecular weight is 308 g/mol. The van der Waals surface area contributed by atoms with E-state index >= 15 is 0 Å². The van der Waals surface area contributed by atoms with Crippen molar-refractivity contribution in [1.82, 2.24) is 14.8 Å². The Morgan fingerprint density at radius 2 is 1.96 bits per heavy atom. The number of para-hydroxylation sites is 1. The van der Waals surface area contributed by atoms with Gasteiger partial charge in [0, 0.05) is 5.56 Å². The van der Waals surface area contributed by atoms with Crippen LogP contribution in [0.25, 0.3) is 11.4 Å². The Hall–Kier alpha value is -3.15. The number of benzene rings is 2. The van der Waals surface area contributed by atoms with Crippen LogP contribution in [0.2, 0.25) is 0 Å². The number of ether oxygens (including phenoxy) is 1. The number of rotatable bonds is 3. The monoisotopic (exact) mass is 308 g/mol. The molecule has 0 aliphatic carbocycles. The molecule has 0 spiro atoms. The van der Waals surface area contributed by atoms with Crippen LogP contribution in [-0.2, 0) is 0 Å². The smallest absolute Gasteiger partial charge is 0.285 e. The van der Waals surface area contributed by atoms with Gasteiger partial charge in [0.05, 0.1) is 12.7 Å². The molecule has 0 unspecified atom stereocenters. The Labute approximate surface area is 133 Å². The number of anilines is 1. The lowest BCUT2D eigenvalue weighted by Gasteiger charge is -2.06. The van der Waals surface area contributed by atoms with Crippen molar-refractivity contribution in [3.63, 3.8) is 0 Å². The van der Waals surface area contributed by atoms with Gasteiger partial charge in [0.1, 0.15) is 5.75 Å². The molecule has 2 N–H and O–H groups in total. The van der Waals surface area contributed by atoms with E-state index in [4.69, 9.17) is 10.5 Å². The van der Waals surface area contributed by atoms with Gasteiger partial charge in [0.2, 0.25) is 5.95 Å². The number of nitrogen functional groups attached to an aromatic ring is 1. The van der Waals surface area contributed by atoms with E-state index < -0.39 is 0 Å². The summed E-state index contributed by atoms with van der Waals surface area (Å²) in [6.07, 6.45) is 0. The van der Waals surface area contributed by atoms with Gasteiger partial charge in [-0.1, -0.05) is 35.9 Å². The highest BCUT2D eigenvalue weighted by molar-refractivity contribution is 5.99. The first-order valence-corrected chi connectivity index (χ1v) is 7.07. The molecule has 0 saturated heterocycles. The summed E-state index contributed by atoms with van der Waals surface area (Å²) in [6, 6.07) is 14.6. The normalized spacial score (nSPS) is 10.5. The van der Waals surface area contributed by atoms with Gasteiger partial charge in [-0.2, -0.15) is 9.67 Å². The first-order chi connectivity index (χ1) is 11.1. The number of aryl methyl sites for hydroxylation is 1. The van der Waals surface area contributed by atoms with Gasteiger partial charge in [-0.3, -0.25) is 4.79 Å². The second-order valence-electron chi connectivity index (χ2n) is 5.08. The molecule has 6 nitrogen and oxygen atoms in total. The van der Waals surface area contributed by atoms with Gasteiger partial charge in [-0.25, -0.2) is 0 Å². The number of hydrogen-bond donors (Lipinski definition) is 1. The maximum absolute atomic E-state index is 12.7. The van der Waals surface area contributed by atoms with Crippen LogP contribution in [0.15, 0.2) is 48.5 Å². The maximum atomic E-state index is 12.7. The second-order valence-corrected chi connectivity index (χ2v) is 5.08. The summed E-state index contributed by atoms with van der Waals surface area (Å²) >= 11 is 0. The van der Waals surface area contributed by atoms with Crippen molar-refractivity contribution in [2.75, 3.05) is 12.8 Å². The second kappa shape index (κ2) is 5.92. The molecule has 2 aromatic carbocycles. The summed E-state index contributed by atoms with van der Waals surface area (Å²) in [6.45, 7) is 1.98. The van der Waals surface area contributed by atoms with Crippen LogP contribution >= 0.6 is 0 Å². The fraction of sp³-hybridized carbons (Fsp3) is 0.118. The molecule has 0 fully saturated rings. The summed E-state index contributed by atoms with van der Waals surface area (Å²) in [5, 5.41) is 4.25. The zero-order valence-corrected chi connectivity index (χ0v) is 12.9. The topological polar surface area (TPSA) is 83.0 Å². The lowest BCUT2D eigenvalue weighted by atomic mass is 10.1.